The van der Waals surface area contributed by atoms with Crippen LogP contribution in [0.4, 0.5) is 0 Å². The summed E-state index contributed by atoms with van der Waals surface area (Å²) in [5, 5.41) is 5.50. The van der Waals surface area contributed by atoms with Crippen LogP contribution in [0.5, 0.6) is 0 Å². The Balaban J connectivity index is 2.09. The van der Waals surface area contributed by atoms with Crippen LogP contribution >= 0.6 is 11.3 Å². The highest BCUT2D eigenvalue weighted by atomic mass is 32.1. The first-order valence-electron chi connectivity index (χ1n) is 6.51. The third-order valence-electron chi connectivity index (χ3n) is 3.25. The van der Waals surface area contributed by atoms with Crippen LogP contribution in [0.3, 0.4) is 0 Å². The Kier molecular flexibility index (Phi) is 3.39. The normalized spacial score (nSPS) is 14.5. The van der Waals surface area contributed by atoms with Crippen LogP contribution in [0, 0.1) is 0 Å². The Morgan fingerprint density at radius 1 is 1.39 bits per heavy atom. The predicted molar refractivity (Wildman–Crippen MR) is 74.8 cm³/mol. The molecule has 2 aromatic heterocycles. The van der Waals surface area contributed by atoms with E-state index in [2.05, 4.69) is 29.8 Å². The van der Waals surface area contributed by atoms with E-state index in [1.165, 1.54) is 21.8 Å². The van der Waals surface area contributed by atoms with Crippen molar-refractivity contribution in [3.8, 4) is 10.7 Å². The van der Waals surface area contributed by atoms with E-state index >= 15 is 0 Å². The van der Waals surface area contributed by atoms with E-state index in [9.17, 15) is 0 Å². The molecule has 0 aliphatic carbocycles. The summed E-state index contributed by atoms with van der Waals surface area (Å²) in [5.74, 6) is 0.911. The maximum Gasteiger partial charge on any atom is 0.169 e. The van der Waals surface area contributed by atoms with Gasteiger partial charge in [0, 0.05) is 30.8 Å². The van der Waals surface area contributed by atoms with Crippen molar-refractivity contribution < 1.29 is 0 Å². The summed E-state index contributed by atoms with van der Waals surface area (Å²) < 4.78 is 0. The molecule has 2 aromatic rings. The van der Waals surface area contributed by atoms with Gasteiger partial charge in [0.2, 0.25) is 0 Å². The van der Waals surface area contributed by atoms with Gasteiger partial charge in [-0.25, -0.2) is 9.97 Å². The van der Waals surface area contributed by atoms with Gasteiger partial charge in [0.1, 0.15) is 0 Å². The second kappa shape index (κ2) is 5.16. The van der Waals surface area contributed by atoms with Gasteiger partial charge in [-0.3, -0.25) is 0 Å². The van der Waals surface area contributed by atoms with Crippen molar-refractivity contribution in [1.82, 2.24) is 15.3 Å². The van der Waals surface area contributed by atoms with Gasteiger partial charge >= 0.3 is 0 Å². The molecule has 0 saturated carbocycles. The lowest BCUT2D eigenvalue weighted by Crippen LogP contribution is -2.26. The monoisotopic (exact) mass is 259 g/mol. The van der Waals surface area contributed by atoms with Gasteiger partial charge in [-0.05, 0) is 17.9 Å². The fourth-order valence-electron chi connectivity index (χ4n) is 2.37. The van der Waals surface area contributed by atoms with Crippen LogP contribution in [-0.2, 0) is 19.4 Å². The molecule has 94 valence electrons. The largest absolute Gasteiger partial charge is 0.312 e. The van der Waals surface area contributed by atoms with Gasteiger partial charge in [-0.15, -0.1) is 11.3 Å². The summed E-state index contributed by atoms with van der Waals surface area (Å²) in [6.07, 6.45) is 3.20. The third-order valence-corrected chi connectivity index (χ3v) is 4.11. The topological polar surface area (TPSA) is 37.8 Å². The van der Waals surface area contributed by atoms with Crippen LogP contribution in [0.25, 0.3) is 10.7 Å². The summed E-state index contributed by atoms with van der Waals surface area (Å²) in [4.78, 5) is 10.7. The lowest BCUT2D eigenvalue weighted by Gasteiger charge is -2.19. The zero-order valence-corrected chi connectivity index (χ0v) is 11.4. The van der Waals surface area contributed by atoms with Crippen molar-refractivity contribution in [3.63, 3.8) is 0 Å². The second-order valence-electron chi connectivity index (χ2n) is 4.57. The van der Waals surface area contributed by atoms with Crippen molar-refractivity contribution in [3.05, 3.63) is 34.5 Å². The Morgan fingerprint density at radius 2 is 2.33 bits per heavy atom. The summed E-state index contributed by atoms with van der Waals surface area (Å²) in [5.41, 5.74) is 3.82. The highest BCUT2D eigenvalue weighted by Gasteiger charge is 2.17. The minimum atomic E-state index is 0.911. The maximum absolute atomic E-state index is 4.78. The van der Waals surface area contributed by atoms with Gasteiger partial charge in [0.05, 0.1) is 10.6 Å². The molecule has 3 rings (SSSR count). The molecule has 0 aromatic carbocycles. The van der Waals surface area contributed by atoms with Crippen LogP contribution < -0.4 is 5.32 Å². The van der Waals surface area contributed by atoms with E-state index in [1.54, 1.807) is 11.3 Å². The lowest BCUT2D eigenvalue weighted by atomic mass is 10.0. The van der Waals surface area contributed by atoms with E-state index in [-0.39, 0.29) is 0 Å². The lowest BCUT2D eigenvalue weighted by molar-refractivity contribution is 0.615. The van der Waals surface area contributed by atoms with Gasteiger partial charge < -0.3 is 5.32 Å². The SMILES string of the molecule is CCCc1nc(-c2cccs2)nc2c1CNCC2. The Labute approximate surface area is 111 Å². The number of nitrogens with one attached hydrogen (secondary N) is 1. The van der Waals surface area contributed by atoms with Gasteiger partial charge in [0.25, 0.3) is 0 Å². The molecule has 1 aliphatic rings. The average molecular weight is 259 g/mol. The van der Waals surface area contributed by atoms with Gasteiger partial charge in [0.15, 0.2) is 5.82 Å². The zero-order chi connectivity index (χ0) is 12.4. The molecule has 0 spiro atoms. The van der Waals surface area contributed by atoms with E-state index in [4.69, 9.17) is 9.97 Å². The Hall–Kier alpha value is -1.26. The predicted octanol–water partition coefficient (Wildman–Crippen LogP) is 2.80. The number of hydrogen-bond acceptors (Lipinski definition) is 4. The van der Waals surface area contributed by atoms with Crippen molar-refractivity contribution >= 4 is 11.3 Å². The maximum atomic E-state index is 4.78. The van der Waals surface area contributed by atoms with Crippen molar-refractivity contribution in [1.29, 1.82) is 0 Å². The number of aryl methyl sites for hydroxylation is 1. The average Bonchev–Trinajstić information content (AvgIpc) is 2.93. The fraction of sp³-hybridized carbons (Fsp3) is 0.429. The van der Waals surface area contributed by atoms with Crippen LogP contribution in [0.2, 0.25) is 0 Å². The molecule has 4 heteroatoms. The minimum absolute atomic E-state index is 0.911. The van der Waals surface area contributed by atoms with Gasteiger partial charge in [-0.2, -0.15) is 0 Å². The highest BCUT2D eigenvalue weighted by molar-refractivity contribution is 7.13. The molecule has 0 amide bonds. The molecular weight excluding hydrogens is 242 g/mol. The summed E-state index contributed by atoms with van der Waals surface area (Å²) in [7, 11) is 0. The van der Waals surface area contributed by atoms with Crippen molar-refractivity contribution in [2.75, 3.05) is 6.54 Å². The molecule has 1 N–H and O–H groups in total. The van der Waals surface area contributed by atoms with E-state index in [0.717, 1.165) is 38.2 Å². The zero-order valence-electron chi connectivity index (χ0n) is 10.6. The van der Waals surface area contributed by atoms with E-state index < -0.39 is 0 Å². The molecule has 18 heavy (non-hydrogen) atoms. The second-order valence-corrected chi connectivity index (χ2v) is 5.52. The molecule has 0 unspecified atom stereocenters. The summed E-state index contributed by atoms with van der Waals surface area (Å²) in [6.45, 7) is 4.16. The number of aromatic nitrogens is 2. The fourth-order valence-corrected chi connectivity index (χ4v) is 3.03. The van der Waals surface area contributed by atoms with Gasteiger partial charge in [-0.1, -0.05) is 19.4 Å². The molecule has 3 heterocycles. The first kappa shape index (κ1) is 11.8. The van der Waals surface area contributed by atoms with Crippen molar-refractivity contribution in [2.24, 2.45) is 0 Å². The molecule has 1 aliphatic heterocycles. The molecule has 0 radical (unpaired) electrons. The van der Waals surface area contributed by atoms with Crippen LogP contribution in [0.15, 0.2) is 17.5 Å². The third kappa shape index (κ3) is 2.18. The van der Waals surface area contributed by atoms with Crippen LogP contribution in [-0.4, -0.2) is 16.5 Å². The number of rotatable bonds is 3. The molecule has 0 atom stereocenters. The molecule has 0 bridgehead atoms. The first-order chi connectivity index (χ1) is 8.88. The summed E-state index contributed by atoms with van der Waals surface area (Å²) in [6, 6.07) is 4.16. The molecule has 0 saturated heterocycles. The quantitative estimate of drug-likeness (QED) is 0.921. The molecular formula is C14H17N3S. The Bertz CT molecular complexity index is 534. The van der Waals surface area contributed by atoms with E-state index in [0.29, 0.717) is 0 Å². The number of thiophene rings is 1. The van der Waals surface area contributed by atoms with E-state index in [1.807, 2.05) is 0 Å². The molecule has 3 nitrogen and oxygen atoms in total. The number of fused-ring (bicyclic) bond motifs is 1. The Morgan fingerprint density at radius 3 is 3.11 bits per heavy atom. The summed E-state index contributed by atoms with van der Waals surface area (Å²) >= 11 is 1.71. The smallest absolute Gasteiger partial charge is 0.169 e. The standard InChI is InChI=1S/C14H17N3S/c1-2-4-11-10-9-15-7-6-12(10)17-14(16-11)13-5-3-8-18-13/h3,5,8,15H,2,4,6-7,9H2,1H3. The van der Waals surface area contributed by atoms with Crippen molar-refractivity contribution in [2.45, 2.75) is 32.7 Å². The number of nitrogens with zero attached hydrogens (tertiary/aromatic N) is 2. The first-order valence-corrected chi connectivity index (χ1v) is 7.39. The number of hydrogen-bond donors (Lipinski definition) is 1. The van der Waals surface area contributed by atoms with Crippen LogP contribution in [0.1, 0.15) is 30.3 Å². The molecule has 0 fully saturated rings. The highest BCUT2D eigenvalue weighted by Crippen LogP contribution is 2.25. The minimum Gasteiger partial charge on any atom is -0.312 e.